The molecule has 3 rings (SSSR count). The summed E-state index contributed by atoms with van der Waals surface area (Å²) in [7, 11) is 0. The zero-order valence-corrected chi connectivity index (χ0v) is 29.0. The molecule has 0 aromatic carbocycles. The summed E-state index contributed by atoms with van der Waals surface area (Å²) in [6.45, 7) is 20.9. The van der Waals surface area contributed by atoms with Crippen molar-refractivity contribution in [3.05, 3.63) is 0 Å². The van der Waals surface area contributed by atoms with Gasteiger partial charge in [0.2, 0.25) is 17.6 Å². The number of rotatable bonds is 11. The number of carbonyl (C=O) groups excluding carboxylic acids is 6. The molecule has 0 spiro atoms. The van der Waals surface area contributed by atoms with Crippen LogP contribution in [-0.2, 0) is 28.7 Å². The van der Waals surface area contributed by atoms with Crippen LogP contribution >= 0.6 is 0 Å². The Balaban J connectivity index is 1.80. The molecule has 0 aromatic rings. The van der Waals surface area contributed by atoms with Gasteiger partial charge in [0.1, 0.15) is 18.7 Å². The maximum atomic E-state index is 14.2. The molecule has 1 saturated heterocycles. The van der Waals surface area contributed by atoms with Gasteiger partial charge in [-0.1, -0.05) is 68.2 Å². The lowest BCUT2D eigenvalue weighted by Crippen LogP contribution is -2.62. The normalized spacial score (nSPS) is 24.4. The first-order valence-electron chi connectivity index (χ1n) is 16.1. The fourth-order valence-corrected chi connectivity index (χ4v) is 6.19. The Hall–Kier alpha value is -3.18. The van der Waals surface area contributed by atoms with Crippen LogP contribution in [0.2, 0.25) is 0 Å². The number of ketones is 1. The van der Waals surface area contributed by atoms with E-state index >= 15 is 0 Å². The number of nitrogens with two attached hydrogens (primary N) is 1. The summed E-state index contributed by atoms with van der Waals surface area (Å²) in [5, 5.41) is 8.50. The number of nitrogens with one attached hydrogen (secondary N) is 3. The lowest BCUT2D eigenvalue weighted by Gasteiger charge is -2.38. The highest BCUT2D eigenvalue weighted by Crippen LogP contribution is 2.65. The smallest absolute Gasteiger partial charge is 0.315 e. The largest absolute Gasteiger partial charge is 0.463 e. The third-order valence-electron chi connectivity index (χ3n) is 9.63. The van der Waals surface area contributed by atoms with Crippen LogP contribution in [0.4, 0.5) is 4.79 Å². The number of esters is 1. The van der Waals surface area contributed by atoms with Crippen LogP contribution in [0.1, 0.15) is 95.4 Å². The van der Waals surface area contributed by atoms with Crippen LogP contribution in [0.25, 0.3) is 0 Å². The second-order valence-electron chi connectivity index (χ2n) is 17.0. The molecule has 45 heavy (non-hydrogen) atoms. The van der Waals surface area contributed by atoms with E-state index in [0.29, 0.717) is 13.0 Å². The molecule has 1 heterocycles. The summed E-state index contributed by atoms with van der Waals surface area (Å²) in [6.07, 6.45) is 2.17. The van der Waals surface area contributed by atoms with Crippen molar-refractivity contribution in [3.63, 3.8) is 0 Å². The molecular formula is C33H55N5O7. The number of hydrogen-bond acceptors (Lipinski definition) is 7. The number of amides is 5. The third-order valence-corrected chi connectivity index (χ3v) is 9.63. The molecule has 0 aromatic heterocycles. The maximum absolute atomic E-state index is 14.2. The van der Waals surface area contributed by atoms with Gasteiger partial charge < -0.3 is 31.3 Å². The molecule has 5 unspecified atom stereocenters. The van der Waals surface area contributed by atoms with Crippen molar-refractivity contribution in [3.8, 4) is 0 Å². The number of piperidine rings is 1. The molecular weight excluding hydrogens is 578 g/mol. The number of ether oxygens (including phenoxy) is 1. The fourth-order valence-electron chi connectivity index (χ4n) is 6.19. The Bertz CT molecular complexity index is 1210. The molecule has 2 saturated carbocycles. The number of primary amides is 1. The van der Waals surface area contributed by atoms with Crippen molar-refractivity contribution in [2.45, 2.75) is 120 Å². The van der Waals surface area contributed by atoms with Crippen molar-refractivity contribution in [1.29, 1.82) is 0 Å². The van der Waals surface area contributed by atoms with Crippen molar-refractivity contribution >= 4 is 35.5 Å². The predicted octanol–water partition coefficient (Wildman–Crippen LogP) is 2.53. The lowest BCUT2D eigenvalue weighted by molar-refractivity contribution is -0.154. The quantitative estimate of drug-likeness (QED) is 0.200. The number of fused-ring (bicyclic) bond motifs is 1. The van der Waals surface area contributed by atoms with Crippen LogP contribution in [0.3, 0.4) is 0 Å². The highest BCUT2D eigenvalue weighted by Gasteiger charge is 2.70. The van der Waals surface area contributed by atoms with Gasteiger partial charge in [-0.15, -0.1) is 0 Å². The molecule has 2 aliphatic carbocycles. The Morgan fingerprint density at radius 2 is 1.47 bits per heavy atom. The number of nitrogens with zero attached hydrogens (tertiary/aromatic N) is 1. The summed E-state index contributed by atoms with van der Waals surface area (Å²) < 4.78 is 5.51. The van der Waals surface area contributed by atoms with Gasteiger partial charge in [0.15, 0.2) is 0 Å². The Morgan fingerprint density at radius 3 is 1.93 bits per heavy atom. The minimum atomic E-state index is -1.10. The SMILES string of the molecule is CC(C)(C)C(=O)OC[C@@H](NC(=O)NC(C(=O)N1CC2C(C1C(=O)NC(CC1CC1)C(=O)C(N)=O)C2(C)C)C(C)(C)C)C(C)(C)C. The number of Topliss-reactive ketones (excluding diaryl/α,β-unsaturated/α-hetero) is 1. The highest BCUT2D eigenvalue weighted by molar-refractivity contribution is 6.37. The average molecular weight is 634 g/mol. The minimum Gasteiger partial charge on any atom is -0.463 e. The van der Waals surface area contributed by atoms with E-state index in [4.69, 9.17) is 10.5 Å². The van der Waals surface area contributed by atoms with Crippen molar-refractivity contribution < 1.29 is 33.5 Å². The standard InChI is InChI=1S/C33H55N5O7/c1-30(2,3)20(16-45-28(43)32(7,8)9)36-29(44)37-24(31(4,5)6)27(42)38-15-18-21(33(18,10)11)22(38)26(41)35-19(14-17-12-13-17)23(39)25(34)40/h17-22,24H,12-16H2,1-11H3,(H2,34,40)(H,35,41)(H2,36,37,44)/t18?,19?,20-,21?,22?,24?/m1/s1. The lowest BCUT2D eigenvalue weighted by atomic mass is 9.85. The topological polar surface area (TPSA) is 177 Å². The number of carbonyl (C=O) groups is 6. The monoisotopic (exact) mass is 633 g/mol. The first kappa shape index (κ1) is 36.3. The van der Waals surface area contributed by atoms with E-state index in [-0.39, 0.29) is 29.8 Å². The van der Waals surface area contributed by atoms with Gasteiger partial charge >= 0.3 is 12.0 Å². The number of hydrogen-bond donors (Lipinski definition) is 4. The molecule has 254 valence electrons. The van der Waals surface area contributed by atoms with Gasteiger partial charge in [0.05, 0.1) is 17.5 Å². The molecule has 6 atom stereocenters. The van der Waals surface area contributed by atoms with Crippen LogP contribution in [0, 0.1) is 39.4 Å². The van der Waals surface area contributed by atoms with Gasteiger partial charge in [0, 0.05) is 6.54 Å². The van der Waals surface area contributed by atoms with Gasteiger partial charge in [-0.25, -0.2) is 4.79 Å². The van der Waals surface area contributed by atoms with Gasteiger partial charge in [-0.3, -0.25) is 24.0 Å². The second kappa shape index (κ2) is 12.5. The molecule has 12 nitrogen and oxygen atoms in total. The van der Waals surface area contributed by atoms with E-state index in [9.17, 15) is 28.8 Å². The van der Waals surface area contributed by atoms with E-state index in [1.165, 1.54) is 4.90 Å². The van der Waals surface area contributed by atoms with Gasteiger partial charge in [-0.05, 0) is 61.2 Å². The molecule has 0 bridgehead atoms. The Labute approximate surface area is 267 Å². The highest BCUT2D eigenvalue weighted by atomic mass is 16.5. The predicted molar refractivity (Wildman–Crippen MR) is 168 cm³/mol. The summed E-state index contributed by atoms with van der Waals surface area (Å²) in [5.41, 5.74) is 3.20. The summed E-state index contributed by atoms with van der Waals surface area (Å²) in [4.78, 5) is 79.7. The van der Waals surface area contributed by atoms with Crippen molar-refractivity contribution in [2.75, 3.05) is 13.2 Å². The average Bonchev–Trinajstić information content (AvgIpc) is 3.73. The van der Waals surface area contributed by atoms with Gasteiger partial charge in [0.25, 0.3) is 5.91 Å². The Kier molecular flexibility index (Phi) is 10.1. The molecule has 1 aliphatic heterocycles. The molecule has 5 N–H and O–H groups in total. The van der Waals surface area contributed by atoms with Crippen molar-refractivity contribution in [2.24, 2.45) is 45.1 Å². The van der Waals surface area contributed by atoms with E-state index in [2.05, 4.69) is 16.0 Å². The molecule has 5 amide bonds. The third kappa shape index (κ3) is 8.55. The maximum Gasteiger partial charge on any atom is 0.315 e. The molecule has 12 heteroatoms. The van der Waals surface area contributed by atoms with E-state index in [1.54, 1.807) is 20.8 Å². The molecule has 0 radical (unpaired) electrons. The van der Waals surface area contributed by atoms with E-state index in [0.717, 1.165) is 12.8 Å². The summed E-state index contributed by atoms with van der Waals surface area (Å²) >= 11 is 0. The van der Waals surface area contributed by atoms with Crippen molar-refractivity contribution in [1.82, 2.24) is 20.9 Å². The Morgan fingerprint density at radius 1 is 0.889 bits per heavy atom. The fraction of sp³-hybridized carbons (Fsp3) is 0.818. The molecule has 3 aliphatic rings. The van der Waals surface area contributed by atoms with E-state index in [1.807, 2.05) is 55.4 Å². The summed E-state index contributed by atoms with van der Waals surface area (Å²) in [5.74, 6) is -3.06. The van der Waals surface area contributed by atoms with Crippen LogP contribution in [0.15, 0.2) is 0 Å². The minimum absolute atomic E-state index is 0.0417. The number of urea groups is 1. The first-order valence-corrected chi connectivity index (χ1v) is 16.1. The number of likely N-dealkylation sites (tertiary alicyclic amines) is 1. The van der Waals surface area contributed by atoms with E-state index < -0.39 is 75.9 Å². The van der Waals surface area contributed by atoms with Crippen LogP contribution in [-0.4, -0.2) is 77.7 Å². The second-order valence-corrected chi connectivity index (χ2v) is 17.0. The zero-order valence-electron chi connectivity index (χ0n) is 29.0. The molecule has 3 fully saturated rings. The van der Waals surface area contributed by atoms with Gasteiger partial charge in [-0.2, -0.15) is 0 Å². The first-order chi connectivity index (χ1) is 20.4. The summed E-state index contributed by atoms with van der Waals surface area (Å²) in [6, 6.07) is -4.06. The van der Waals surface area contributed by atoms with Crippen LogP contribution in [0.5, 0.6) is 0 Å². The van der Waals surface area contributed by atoms with Crippen LogP contribution < -0.4 is 21.7 Å². The zero-order chi connectivity index (χ0) is 34.4.